The van der Waals surface area contributed by atoms with Crippen molar-refractivity contribution in [2.75, 3.05) is 11.9 Å². The van der Waals surface area contributed by atoms with Crippen LogP contribution in [0.4, 0.5) is 5.69 Å². The molecule has 0 bridgehead atoms. The Labute approximate surface area is 243 Å². The standard InChI is InChI=1S/C30H37NO6S.C2H6/c1-19(8-5-10-20(2)38)9-7-13-30(3)27(34)16-24-26(33)15-22(18-32)25(28(24)37-30)17-31(4)23-12-6-11-21(14-23)29(35)36;1-2/h6,9-12,14-15,18,27,33-34,38H,5,7-8,13,16-17H2,1-4H3,(H,35,36);1-2H3/b19-9+,20-10+;/t27-,30-;/m0./s1. The van der Waals surface area contributed by atoms with Gasteiger partial charge in [-0.3, -0.25) is 4.79 Å². The van der Waals surface area contributed by atoms with Crippen molar-refractivity contribution in [2.45, 2.75) is 85.0 Å². The highest BCUT2D eigenvalue weighted by Crippen LogP contribution is 2.44. The predicted octanol–water partition coefficient (Wildman–Crippen LogP) is 6.96. The minimum absolute atomic E-state index is 0.0919. The van der Waals surface area contributed by atoms with Gasteiger partial charge in [0.1, 0.15) is 17.1 Å². The lowest BCUT2D eigenvalue weighted by Gasteiger charge is -2.41. The lowest BCUT2D eigenvalue weighted by molar-refractivity contribution is -0.0598. The van der Waals surface area contributed by atoms with Crippen LogP contribution < -0.4 is 9.64 Å². The molecule has 8 heteroatoms. The average Bonchev–Trinajstić information content (AvgIpc) is 2.92. The summed E-state index contributed by atoms with van der Waals surface area (Å²) in [7, 11) is 1.80. The zero-order valence-corrected chi connectivity index (χ0v) is 25.3. The molecule has 218 valence electrons. The number of phenolic OH excluding ortho intramolecular Hbond substituents is 1. The molecule has 2 atom stereocenters. The average molecular weight is 570 g/mol. The van der Waals surface area contributed by atoms with Gasteiger partial charge in [-0.2, -0.15) is 0 Å². The summed E-state index contributed by atoms with van der Waals surface area (Å²) in [5.41, 5.74) is 2.46. The summed E-state index contributed by atoms with van der Waals surface area (Å²) in [6.45, 7) is 10.1. The number of rotatable bonds is 11. The maximum atomic E-state index is 12.0. The minimum Gasteiger partial charge on any atom is -0.508 e. The second kappa shape index (κ2) is 15.0. The smallest absolute Gasteiger partial charge is 0.335 e. The van der Waals surface area contributed by atoms with E-state index >= 15 is 0 Å². The molecule has 3 rings (SSSR count). The number of carboxylic acid groups (broad SMARTS) is 1. The molecule has 2 aromatic rings. The zero-order valence-electron chi connectivity index (χ0n) is 24.4. The largest absolute Gasteiger partial charge is 0.508 e. The molecule has 0 aromatic heterocycles. The third kappa shape index (κ3) is 8.38. The van der Waals surface area contributed by atoms with Gasteiger partial charge in [0.15, 0.2) is 6.29 Å². The summed E-state index contributed by atoms with van der Waals surface area (Å²) in [5, 5.41) is 31.0. The van der Waals surface area contributed by atoms with E-state index in [1.54, 1.807) is 25.2 Å². The van der Waals surface area contributed by atoms with Crippen LogP contribution in [0.1, 0.15) is 92.1 Å². The van der Waals surface area contributed by atoms with Crippen LogP contribution >= 0.6 is 12.6 Å². The SMILES string of the molecule is C/C(S)=C\CC/C(C)=C/CC[C@]1(C)Oc2c(c(O)cc(C=O)c2CN(C)c2cccc(C(=O)O)c2)C[C@@H]1O.CC. The number of carboxylic acids is 1. The number of hydrogen-bond acceptors (Lipinski definition) is 7. The molecule has 3 N–H and O–H groups in total. The van der Waals surface area contributed by atoms with Crippen molar-refractivity contribution >= 4 is 30.6 Å². The molecule has 0 amide bonds. The van der Waals surface area contributed by atoms with Crippen LogP contribution in [0.25, 0.3) is 0 Å². The van der Waals surface area contributed by atoms with Gasteiger partial charge in [-0.1, -0.05) is 37.6 Å². The molecule has 0 fully saturated rings. The van der Waals surface area contributed by atoms with E-state index in [1.807, 2.05) is 32.6 Å². The summed E-state index contributed by atoms with van der Waals surface area (Å²) in [6.07, 6.45) is 7.36. The number of allylic oxidation sites excluding steroid dienone is 4. The summed E-state index contributed by atoms with van der Waals surface area (Å²) >= 11 is 4.30. The molecule has 0 spiro atoms. The molecular weight excluding hydrogens is 526 g/mol. The number of aromatic carboxylic acids is 1. The Balaban J connectivity index is 0.00000274. The van der Waals surface area contributed by atoms with Gasteiger partial charge < -0.3 is 25.0 Å². The number of carbonyl (C=O) groups is 2. The number of aliphatic hydroxyl groups is 1. The molecule has 0 radical (unpaired) electrons. The van der Waals surface area contributed by atoms with Crippen LogP contribution in [0.5, 0.6) is 11.5 Å². The van der Waals surface area contributed by atoms with Crippen LogP contribution in [0, 0.1) is 0 Å². The van der Waals surface area contributed by atoms with Gasteiger partial charge in [-0.05, 0) is 75.6 Å². The molecular formula is C32H43NO6S. The first-order valence-electron chi connectivity index (χ1n) is 13.7. The second-order valence-electron chi connectivity index (χ2n) is 10.2. The zero-order chi connectivity index (χ0) is 30.0. The topological polar surface area (TPSA) is 107 Å². The number of thiol groups is 1. The van der Waals surface area contributed by atoms with Crippen molar-refractivity contribution in [1.29, 1.82) is 0 Å². The van der Waals surface area contributed by atoms with Gasteiger partial charge in [0.25, 0.3) is 0 Å². The number of aromatic hydroxyl groups is 1. The Morgan fingerprint density at radius 3 is 2.52 bits per heavy atom. The van der Waals surface area contributed by atoms with E-state index < -0.39 is 17.7 Å². The minimum atomic E-state index is -1.03. The van der Waals surface area contributed by atoms with Gasteiger partial charge in [0, 0.05) is 42.4 Å². The summed E-state index contributed by atoms with van der Waals surface area (Å²) in [4.78, 5) is 26.2. The molecule has 40 heavy (non-hydrogen) atoms. The van der Waals surface area contributed by atoms with Crippen LogP contribution in [-0.2, 0) is 13.0 Å². The first-order valence-corrected chi connectivity index (χ1v) is 14.2. The molecule has 0 saturated carbocycles. The van der Waals surface area contributed by atoms with Crippen molar-refractivity contribution < 1.29 is 29.6 Å². The number of carbonyl (C=O) groups excluding carboxylic acids is 1. The van der Waals surface area contributed by atoms with E-state index in [0.717, 1.165) is 17.7 Å². The molecule has 2 aromatic carbocycles. The fraction of sp³-hybridized carbons (Fsp3) is 0.438. The molecule has 1 heterocycles. The first-order chi connectivity index (χ1) is 18.9. The summed E-state index contributed by atoms with van der Waals surface area (Å²) in [6, 6.07) is 7.93. The van der Waals surface area contributed by atoms with Crippen LogP contribution in [0.15, 0.2) is 53.0 Å². The van der Waals surface area contributed by atoms with E-state index in [4.69, 9.17) is 4.74 Å². The third-order valence-electron chi connectivity index (χ3n) is 7.10. The lowest BCUT2D eigenvalue weighted by atomic mass is 9.84. The van der Waals surface area contributed by atoms with Gasteiger partial charge in [0.2, 0.25) is 0 Å². The first kappa shape index (κ1) is 33.0. The van der Waals surface area contributed by atoms with Gasteiger partial charge >= 0.3 is 5.97 Å². The maximum absolute atomic E-state index is 12.0. The lowest BCUT2D eigenvalue weighted by Crippen LogP contribution is -2.49. The van der Waals surface area contributed by atoms with Crippen LogP contribution in [0.3, 0.4) is 0 Å². The molecule has 1 aliphatic heterocycles. The van der Waals surface area contributed by atoms with Crippen molar-refractivity contribution in [3.05, 3.63) is 75.2 Å². The quantitative estimate of drug-likeness (QED) is 0.132. The Bertz CT molecular complexity index is 1250. The van der Waals surface area contributed by atoms with Crippen molar-refractivity contribution in [1.82, 2.24) is 0 Å². The number of nitrogens with zero attached hydrogens (tertiary/aromatic N) is 1. The van der Waals surface area contributed by atoms with E-state index in [9.17, 15) is 24.9 Å². The predicted molar refractivity (Wildman–Crippen MR) is 164 cm³/mol. The highest BCUT2D eigenvalue weighted by Gasteiger charge is 2.42. The molecule has 0 unspecified atom stereocenters. The highest BCUT2D eigenvalue weighted by atomic mass is 32.1. The summed E-state index contributed by atoms with van der Waals surface area (Å²) in [5.74, 6) is -0.719. The number of anilines is 1. The molecule has 7 nitrogen and oxygen atoms in total. The Morgan fingerprint density at radius 2 is 1.90 bits per heavy atom. The van der Waals surface area contributed by atoms with Crippen LogP contribution in [0.2, 0.25) is 0 Å². The van der Waals surface area contributed by atoms with E-state index in [0.29, 0.717) is 41.7 Å². The number of phenols is 1. The van der Waals surface area contributed by atoms with E-state index in [-0.39, 0.29) is 29.8 Å². The van der Waals surface area contributed by atoms with Crippen molar-refractivity contribution in [3.8, 4) is 11.5 Å². The Hall–Kier alpha value is -3.23. The Kier molecular flexibility index (Phi) is 12.3. The van der Waals surface area contributed by atoms with E-state index in [1.165, 1.54) is 17.7 Å². The number of aliphatic hydroxyl groups excluding tert-OH is 1. The molecule has 0 aliphatic carbocycles. The normalized spacial score (nSPS) is 18.6. The monoisotopic (exact) mass is 569 g/mol. The van der Waals surface area contributed by atoms with Crippen molar-refractivity contribution in [2.24, 2.45) is 0 Å². The van der Waals surface area contributed by atoms with Crippen LogP contribution in [-0.4, -0.2) is 46.3 Å². The molecule has 1 aliphatic rings. The van der Waals surface area contributed by atoms with Gasteiger partial charge in [-0.15, -0.1) is 12.6 Å². The fourth-order valence-electron chi connectivity index (χ4n) is 4.69. The van der Waals surface area contributed by atoms with Gasteiger partial charge in [-0.25, -0.2) is 4.79 Å². The number of aldehydes is 1. The Morgan fingerprint density at radius 1 is 1.20 bits per heavy atom. The summed E-state index contributed by atoms with van der Waals surface area (Å²) < 4.78 is 6.44. The maximum Gasteiger partial charge on any atom is 0.335 e. The number of hydrogen-bond donors (Lipinski definition) is 4. The third-order valence-corrected chi connectivity index (χ3v) is 7.29. The number of fused-ring (bicyclic) bond motifs is 1. The number of ether oxygens (including phenoxy) is 1. The van der Waals surface area contributed by atoms with Gasteiger partial charge in [0.05, 0.1) is 11.7 Å². The highest BCUT2D eigenvalue weighted by molar-refractivity contribution is 7.84. The number of benzene rings is 2. The second-order valence-corrected chi connectivity index (χ2v) is 10.9. The van der Waals surface area contributed by atoms with Crippen molar-refractivity contribution in [3.63, 3.8) is 0 Å². The fourth-order valence-corrected chi connectivity index (χ4v) is 4.82. The molecule has 0 saturated heterocycles. The van der Waals surface area contributed by atoms with E-state index in [2.05, 4.69) is 31.7 Å².